The number of imidazole rings is 1. The van der Waals surface area contributed by atoms with Crippen molar-refractivity contribution < 1.29 is 8.50 Å². The third kappa shape index (κ3) is 3.25. The number of aryl methyl sites for hydroxylation is 1. The van der Waals surface area contributed by atoms with E-state index in [0.717, 1.165) is 11.1 Å². The average molecular weight is 388 g/mol. The molecule has 0 radical (unpaired) electrons. The molecule has 4 aromatic rings. The molecule has 0 saturated heterocycles. The molecule has 5 nitrogen and oxygen atoms in total. The van der Waals surface area contributed by atoms with Gasteiger partial charge in [-0.2, -0.15) is 9.61 Å². The van der Waals surface area contributed by atoms with Crippen LogP contribution in [0.5, 0.6) is 0 Å². The van der Waals surface area contributed by atoms with E-state index in [0.29, 0.717) is 17.0 Å². The Kier molecular flexibility index (Phi) is 3.59. The zero-order valence-corrected chi connectivity index (χ0v) is 16.2. The Morgan fingerprint density at radius 3 is 2.79 bits per heavy atom. The maximum atomic E-state index is 14.7. The molecule has 6 heteroatoms. The van der Waals surface area contributed by atoms with Crippen LogP contribution in [0, 0.1) is 19.3 Å². The molecule has 0 N–H and O–H groups in total. The molecule has 0 amide bonds. The first kappa shape index (κ1) is 15.3. The van der Waals surface area contributed by atoms with Gasteiger partial charge in [0, 0.05) is 20.7 Å². The summed E-state index contributed by atoms with van der Waals surface area (Å²) in [7, 11) is 0. The van der Waals surface area contributed by atoms with E-state index in [9.17, 15) is 4.39 Å². The molecule has 0 fully saturated rings. The van der Waals surface area contributed by atoms with Gasteiger partial charge in [-0.3, -0.25) is 0 Å². The minimum atomic E-state index is -2.25. The summed E-state index contributed by atoms with van der Waals surface area (Å²) in [6, 6.07) is 9.96. The van der Waals surface area contributed by atoms with Gasteiger partial charge >= 0.3 is 0 Å². The van der Waals surface area contributed by atoms with Crippen LogP contribution in [0.2, 0.25) is 0 Å². The lowest BCUT2D eigenvalue weighted by Crippen LogP contribution is -2.15. The third-order valence-corrected chi connectivity index (χ3v) is 4.79. The summed E-state index contributed by atoms with van der Waals surface area (Å²) in [5.74, 6) is -0.196. The van der Waals surface area contributed by atoms with Crippen LogP contribution in [0.25, 0.3) is 33.0 Å². The molecular formula is C23H20FN5. The molecule has 144 valence electrons. The van der Waals surface area contributed by atoms with E-state index in [2.05, 4.69) is 19.9 Å². The van der Waals surface area contributed by atoms with E-state index < -0.39 is 18.1 Å². The fraction of sp³-hybridized carbons (Fsp3) is 0.217. The van der Waals surface area contributed by atoms with Crippen LogP contribution in [0.15, 0.2) is 48.8 Å². The number of fused-ring (bicyclic) bond motifs is 1. The fourth-order valence-corrected chi connectivity index (χ4v) is 3.20. The van der Waals surface area contributed by atoms with Gasteiger partial charge in [-0.05, 0) is 30.2 Å². The first-order valence-electron chi connectivity index (χ1n) is 10.5. The zero-order valence-electron chi connectivity index (χ0n) is 19.2. The number of hydrogen-bond donors (Lipinski definition) is 0. The Balaban J connectivity index is 1.85. The molecule has 0 spiro atoms. The lowest BCUT2D eigenvalue weighted by Gasteiger charge is -2.16. The van der Waals surface area contributed by atoms with Crippen molar-refractivity contribution in [1.29, 1.82) is 0 Å². The molecule has 0 unspecified atom stereocenters. The predicted octanol–water partition coefficient (Wildman–Crippen LogP) is 5.75. The van der Waals surface area contributed by atoms with Crippen LogP contribution >= 0.6 is 0 Å². The highest BCUT2D eigenvalue weighted by molar-refractivity contribution is 5.83. The fourth-order valence-electron chi connectivity index (χ4n) is 3.20. The maximum Gasteiger partial charge on any atom is 0.251 e. The van der Waals surface area contributed by atoms with Crippen LogP contribution in [0.3, 0.4) is 0 Å². The van der Waals surface area contributed by atoms with Gasteiger partial charge in [0.15, 0.2) is 5.69 Å². The molecule has 0 saturated carbocycles. The lowest BCUT2D eigenvalue weighted by atomic mass is 9.93. The van der Waals surface area contributed by atoms with Crippen molar-refractivity contribution >= 4 is 11.5 Å². The zero-order chi connectivity index (χ0) is 23.3. The quantitative estimate of drug-likeness (QED) is 0.411. The Labute approximate surface area is 172 Å². The third-order valence-electron chi connectivity index (χ3n) is 4.79. The van der Waals surface area contributed by atoms with E-state index in [1.807, 2.05) is 19.1 Å². The molecule has 29 heavy (non-hydrogen) atoms. The van der Waals surface area contributed by atoms with Gasteiger partial charge in [0.1, 0.15) is 5.82 Å². The van der Waals surface area contributed by atoms with Gasteiger partial charge in [0.2, 0.25) is 0 Å². The van der Waals surface area contributed by atoms with Crippen molar-refractivity contribution in [2.75, 3.05) is 0 Å². The highest BCUT2D eigenvalue weighted by Gasteiger charge is 2.19. The Morgan fingerprint density at radius 2 is 2.03 bits per heavy atom. The number of halogens is 1. The van der Waals surface area contributed by atoms with E-state index >= 15 is 0 Å². The Morgan fingerprint density at radius 1 is 1.21 bits per heavy atom. The molecule has 0 aliphatic heterocycles. The van der Waals surface area contributed by atoms with Gasteiger partial charge in [-0.15, -0.1) is 0 Å². The molecule has 4 rings (SSSR count). The van der Waals surface area contributed by atoms with E-state index in [1.165, 1.54) is 22.8 Å². The summed E-state index contributed by atoms with van der Waals surface area (Å²) in [6.45, 7) is 10.2. The van der Waals surface area contributed by atoms with Crippen LogP contribution in [0.4, 0.5) is 10.1 Å². The second-order valence-electron chi connectivity index (χ2n) is 7.40. The van der Waals surface area contributed by atoms with Crippen molar-refractivity contribution in [3.05, 3.63) is 77.3 Å². The first-order valence-corrected chi connectivity index (χ1v) is 9.03. The second-order valence-corrected chi connectivity index (χ2v) is 7.40. The summed E-state index contributed by atoms with van der Waals surface area (Å²) in [6.07, 6.45) is 3.03. The second kappa shape index (κ2) is 6.78. The molecule has 2 aromatic heterocycles. The normalized spacial score (nSPS) is 13.6. The summed E-state index contributed by atoms with van der Waals surface area (Å²) in [5.41, 5.74) is 2.39. The number of hydrogen-bond acceptors (Lipinski definition) is 3. The highest BCUT2D eigenvalue weighted by atomic mass is 19.1. The number of rotatable bonds is 2. The summed E-state index contributed by atoms with van der Waals surface area (Å²) in [5, 5.41) is 4.39. The van der Waals surface area contributed by atoms with Crippen molar-refractivity contribution in [1.82, 2.24) is 19.6 Å². The van der Waals surface area contributed by atoms with Crippen molar-refractivity contribution in [2.45, 2.75) is 33.0 Å². The van der Waals surface area contributed by atoms with E-state index in [-0.39, 0.29) is 17.0 Å². The topological polar surface area (TPSA) is 47.4 Å². The molecule has 2 aromatic carbocycles. The van der Waals surface area contributed by atoms with Crippen molar-refractivity contribution in [3.63, 3.8) is 0 Å². The van der Waals surface area contributed by atoms with E-state index in [1.54, 1.807) is 32.2 Å². The summed E-state index contributed by atoms with van der Waals surface area (Å²) < 4.78 is 39.5. The van der Waals surface area contributed by atoms with Gasteiger partial charge in [-0.25, -0.2) is 19.2 Å². The van der Waals surface area contributed by atoms with Crippen LogP contribution in [-0.2, 0) is 5.41 Å². The van der Waals surface area contributed by atoms with Gasteiger partial charge in [-0.1, -0.05) is 45.0 Å². The van der Waals surface area contributed by atoms with Crippen molar-refractivity contribution in [2.24, 2.45) is 0 Å². The maximum absolute atomic E-state index is 14.7. The molecule has 2 heterocycles. The number of benzene rings is 2. The molecule has 0 bridgehead atoms. The number of aromatic nitrogens is 4. The summed E-state index contributed by atoms with van der Waals surface area (Å²) in [4.78, 5) is 12.2. The first-order chi connectivity index (χ1) is 15.0. The monoisotopic (exact) mass is 388 g/mol. The Bertz CT molecular complexity index is 1380. The average Bonchev–Trinajstić information content (AvgIpc) is 3.16. The highest BCUT2D eigenvalue weighted by Crippen LogP contribution is 2.37. The van der Waals surface area contributed by atoms with E-state index in [4.69, 9.17) is 10.7 Å². The minimum absolute atomic E-state index is 0.236. The van der Waals surface area contributed by atoms with Crippen LogP contribution in [-0.4, -0.2) is 19.6 Å². The SMILES string of the molecule is [2H]C([2H])([2H])C(C)(C)c1cnn2c(-c3ccc(C)c(-c4c(F)cccc4[N+]#[C-])c3)cnc2n1. The van der Waals surface area contributed by atoms with Crippen LogP contribution < -0.4 is 0 Å². The molecular weight excluding hydrogens is 365 g/mol. The molecule has 0 aliphatic carbocycles. The lowest BCUT2D eigenvalue weighted by molar-refractivity contribution is 0.562. The summed E-state index contributed by atoms with van der Waals surface area (Å²) >= 11 is 0. The van der Waals surface area contributed by atoms with Gasteiger partial charge in [0.05, 0.1) is 30.4 Å². The largest absolute Gasteiger partial charge is 0.251 e. The van der Waals surface area contributed by atoms with Gasteiger partial charge in [0.25, 0.3) is 5.78 Å². The van der Waals surface area contributed by atoms with Gasteiger partial charge < -0.3 is 0 Å². The number of nitrogens with zero attached hydrogens (tertiary/aromatic N) is 5. The Hall–Kier alpha value is -3.59. The van der Waals surface area contributed by atoms with Crippen LogP contribution in [0.1, 0.15) is 36.1 Å². The molecule has 0 aliphatic rings. The van der Waals surface area contributed by atoms with Crippen molar-refractivity contribution in [3.8, 4) is 22.4 Å². The molecule has 0 atom stereocenters. The smallest absolute Gasteiger partial charge is 0.237 e. The predicted molar refractivity (Wildman–Crippen MR) is 111 cm³/mol. The minimum Gasteiger partial charge on any atom is -0.237 e. The standard InChI is InChI=1S/C23H20FN5/c1-14-9-10-15(11-16(14)21-17(24)7-6-8-18(21)25-5)19-12-26-22-28-20(23(2,3)4)13-27-29(19)22/h6-13H,1-4H3/i2D3.